The van der Waals surface area contributed by atoms with E-state index in [1.165, 1.54) is 11.8 Å². The standard InChI is InChI=1S/C6H12O4S/c1-11-2-3-4(7)5(8)6(9)10-3/h3-9H,2H2,1H3/t3-,4-,5-,6?/m1/s1. The van der Waals surface area contributed by atoms with Gasteiger partial charge in [0.05, 0.1) is 6.10 Å². The summed E-state index contributed by atoms with van der Waals surface area (Å²) in [7, 11) is 0. The molecule has 1 unspecified atom stereocenters. The second kappa shape index (κ2) is 3.73. The van der Waals surface area contributed by atoms with Gasteiger partial charge in [0.25, 0.3) is 0 Å². The van der Waals surface area contributed by atoms with Crippen LogP contribution in [0.25, 0.3) is 0 Å². The Balaban J connectivity index is 2.45. The molecule has 0 radical (unpaired) electrons. The van der Waals surface area contributed by atoms with Gasteiger partial charge in [-0.05, 0) is 6.26 Å². The second-order valence-electron chi connectivity index (χ2n) is 2.50. The van der Waals surface area contributed by atoms with E-state index in [4.69, 9.17) is 14.9 Å². The number of aliphatic hydroxyl groups is 3. The molecular weight excluding hydrogens is 168 g/mol. The molecule has 0 aliphatic carbocycles. The molecule has 66 valence electrons. The molecule has 1 rings (SSSR count). The Kier molecular flexibility index (Phi) is 3.15. The van der Waals surface area contributed by atoms with Crippen LogP contribution in [-0.4, -0.2) is 51.9 Å². The summed E-state index contributed by atoms with van der Waals surface area (Å²) in [6, 6.07) is 0. The minimum Gasteiger partial charge on any atom is -0.387 e. The fourth-order valence-electron chi connectivity index (χ4n) is 1.03. The van der Waals surface area contributed by atoms with Crippen molar-refractivity contribution in [3.8, 4) is 0 Å². The lowest BCUT2D eigenvalue weighted by Crippen LogP contribution is -2.33. The van der Waals surface area contributed by atoms with E-state index in [1.54, 1.807) is 0 Å². The smallest absolute Gasteiger partial charge is 0.183 e. The summed E-state index contributed by atoms with van der Waals surface area (Å²) < 4.78 is 4.86. The third kappa shape index (κ3) is 1.86. The van der Waals surface area contributed by atoms with E-state index in [-0.39, 0.29) is 0 Å². The molecule has 5 heteroatoms. The fraction of sp³-hybridized carbons (Fsp3) is 1.00. The molecule has 0 bridgehead atoms. The molecule has 1 saturated heterocycles. The van der Waals surface area contributed by atoms with Gasteiger partial charge in [0, 0.05) is 5.75 Å². The lowest BCUT2D eigenvalue weighted by atomic mass is 10.2. The van der Waals surface area contributed by atoms with Crippen LogP contribution in [-0.2, 0) is 4.74 Å². The average molecular weight is 180 g/mol. The van der Waals surface area contributed by atoms with Crippen LogP contribution in [0.5, 0.6) is 0 Å². The minimum absolute atomic E-state index is 0.449. The SMILES string of the molecule is CSC[C@H]1OC(O)[C@H](O)[C@@H]1O. The van der Waals surface area contributed by atoms with Crippen LogP contribution in [0.4, 0.5) is 0 Å². The highest BCUT2D eigenvalue weighted by atomic mass is 32.2. The van der Waals surface area contributed by atoms with Gasteiger partial charge in [-0.1, -0.05) is 0 Å². The topological polar surface area (TPSA) is 69.9 Å². The quantitative estimate of drug-likeness (QED) is 0.497. The molecule has 1 aliphatic rings. The summed E-state index contributed by atoms with van der Waals surface area (Å²) in [4.78, 5) is 0. The van der Waals surface area contributed by atoms with Gasteiger partial charge in [0.2, 0.25) is 0 Å². The van der Waals surface area contributed by atoms with Crippen molar-refractivity contribution in [3.05, 3.63) is 0 Å². The maximum Gasteiger partial charge on any atom is 0.183 e. The molecule has 0 aromatic carbocycles. The molecule has 1 aliphatic heterocycles. The number of hydrogen-bond donors (Lipinski definition) is 3. The van der Waals surface area contributed by atoms with Gasteiger partial charge >= 0.3 is 0 Å². The maximum absolute atomic E-state index is 9.21. The normalized spacial score (nSPS) is 44.7. The van der Waals surface area contributed by atoms with Crippen molar-refractivity contribution in [3.63, 3.8) is 0 Å². The highest BCUT2D eigenvalue weighted by Crippen LogP contribution is 2.21. The van der Waals surface area contributed by atoms with Crippen LogP contribution in [0.15, 0.2) is 0 Å². The van der Waals surface area contributed by atoms with Gasteiger partial charge in [-0.3, -0.25) is 0 Å². The van der Waals surface area contributed by atoms with Crippen molar-refractivity contribution in [2.45, 2.75) is 24.6 Å². The molecule has 0 saturated carbocycles. The van der Waals surface area contributed by atoms with Crippen LogP contribution in [0.1, 0.15) is 0 Å². The molecular formula is C6H12O4S. The molecule has 3 N–H and O–H groups in total. The Morgan fingerprint density at radius 2 is 1.91 bits per heavy atom. The van der Waals surface area contributed by atoms with Gasteiger partial charge < -0.3 is 20.1 Å². The molecule has 1 heterocycles. The lowest BCUT2D eigenvalue weighted by Gasteiger charge is -2.11. The van der Waals surface area contributed by atoms with Gasteiger partial charge in [-0.25, -0.2) is 0 Å². The van der Waals surface area contributed by atoms with Crippen LogP contribution in [0.3, 0.4) is 0 Å². The third-order valence-electron chi connectivity index (χ3n) is 1.67. The zero-order valence-electron chi connectivity index (χ0n) is 6.17. The molecule has 0 aromatic heterocycles. The van der Waals surface area contributed by atoms with E-state index in [9.17, 15) is 5.11 Å². The monoisotopic (exact) mass is 180 g/mol. The highest BCUT2D eigenvalue weighted by Gasteiger charge is 2.41. The first-order valence-electron chi connectivity index (χ1n) is 3.35. The second-order valence-corrected chi connectivity index (χ2v) is 3.41. The van der Waals surface area contributed by atoms with E-state index in [0.717, 1.165) is 0 Å². The van der Waals surface area contributed by atoms with E-state index >= 15 is 0 Å². The summed E-state index contributed by atoms with van der Waals surface area (Å²) in [5.74, 6) is 0.579. The Morgan fingerprint density at radius 1 is 1.27 bits per heavy atom. The van der Waals surface area contributed by atoms with Crippen molar-refractivity contribution < 1.29 is 20.1 Å². The van der Waals surface area contributed by atoms with Crippen molar-refractivity contribution in [2.75, 3.05) is 12.0 Å². The molecule has 4 nitrogen and oxygen atoms in total. The van der Waals surface area contributed by atoms with Crippen LogP contribution in [0.2, 0.25) is 0 Å². The van der Waals surface area contributed by atoms with Crippen molar-refractivity contribution in [1.82, 2.24) is 0 Å². The Labute approximate surface area is 69.2 Å². The molecule has 0 amide bonds. The molecule has 1 fully saturated rings. The molecule has 11 heavy (non-hydrogen) atoms. The summed E-state index contributed by atoms with van der Waals surface area (Å²) in [6.07, 6.45) is -1.94. The Morgan fingerprint density at radius 3 is 2.27 bits per heavy atom. The van der Waals surface area contributed by atoms with Crippen molar-refractivity contribution >= 4 is 11.8 Å². The van der Waals surface area contributed by atoms with Crippen LogP contribution in [0, 0.1) is 0 Å². The first kappa shape index (κ1) is 9.28. The van der Waals surface area contributed by atoms with Gasteiger partial charge in [-0.2, -0.15) is 11.8 Å². The number of thioether (sulfide) groups is 1. The number of hydrogen-bond acceptors (Lipinski definition) is 5. The van der Waals surface area contributed by atoms with Gasteiger partial charge in [0.1, 0.15) is 12.2 Å². The lowest BCUT2D eigenvalue weighted by molar-refractivity contribution is -0.123. The van der Waals surface area contributed by atoms with Gasteiger partial charge in [-0.15, -0.1) is 0 Å². The zero-order valence-corrected chi connectivity index (χ0v) is 6.99. The molecule has 4 atom stereocenters. The summed E-state index contributed by atoms with van der Waals surface area (Å²) in [5, 5.41) is 27.2. The van der Waals surface area contributed by atoms with Crippen LogP contribution < -0.4 is 0 Å². The Hall–Kier alpha value is 0.190. The average Bonchev–Trinajstić information content (AvgIpc) is 2.19. The maximum atomic E-state index is 9.21. The van der Waals surface area contributed by atoms with E-state index < -0.39 is 24.6 Å². The summed E-state index contributed by atoms with van der Waals surface area (Å²) in [6.45, 7) is 0. The zero-order chi connectivity index (χ0) is 8.43. The largest absolute Gasteiger partial charge is 0.387 e. The van der Waals surface area contributed by atoms with Gasteiger partial charge in [0.15, 0.2) is 6.29 Å². The summed E-state index contributed by atoms with van der Waals surface area (Å²) >= 11 is 1.50. The number of ether oxygens (including phenoxy) is 1. The fourth-order valence-corrected chi connectivity index (χ4v) is 1.64. The molecule has 0 spiro atoms. The number of aliphatic hydroxyl groups excluding tert-OH is 3. The van der Waals surface area contributed by atoms with Crippen LogP contribution >= 0.6 is 11.8 Å². The highest BCUT2D eigenvalue weighted by molar-refractivity contribution is 7.98. The first-order valence-corrected chi connectivity index (χ1v) is 4.75. The summed E-state index contributed by atoms with van der Waals surface area (Å²) in [5.41, 5.74) is 0. The van der Waals surface area contributed by atoms with E-state index in [1.807, 2.05) is 6.26 Å². The van der Waals surface area contributed by atoms with E-state index in [0.29, 0.717) is 5.75 Å². The number of rotatable bonds is 2. The predicted molar refractivity (Wildman–Crippen MR) is 41.3 cm³/mol. The predicted octanol–water partition coefficient (Wildman–Crippen LogP) is -1.21. The van der Waals surface area contributed by atoms with Crippen molar-refractivity contribution in [2.24, 2.45) is 0 Å². The molecule has 0 aromatic rings. The third-order valence-corrected chi connectivity index (χ3v) is 2.33. The minimum atomic E-state index is -1.23. The van der Waals surface area contributed by atoms with E-state index in [2.05, 4.69) is 0 Å². The Bertz CT molecular complexity index is 132. The first-order chi connectivity index (χ1) is 5.16. The van der Waals surface area contributed by atoms with Crippen molar-refractivity contribution in [1.29, 1.82) is 0 Å².